The van der Waals surface area contributed by atoms with Gasteiger partial charge in [0.2, 0.25) is 0 Å². The number of halogens is 1. The second-order valence-electron chi connectivity index (χ2n) is 6.46. The Hall–Kier alpha value is -2.83. The van der Waals surface area contributed by atoms with Crippen LogP contribution in [0.5, 0.6) is 11.5 Å². The normalized spacial score (nSPS) is 10.9. The molecule has 30 heavy (non-hydrogen) atoms. The van der Waals surface area contributed by atoms with E-state index in [0.717, 1.165) is 17.7 Å². The summed E-state index contributed by atoms with van der Waals surface area (Å²) in [6.45, 7) is 5.48. The molecule has 0 aromatic heterocycles. The minimum Gasteiger partial charge on any atom is -0.490 e. The first-order chi connectivity index (χ1) is 14.6. The zero-order valence-electron chi connectivity index (χ0n) is 16.9. The van der Waals surface area contributed by atoms with E-state index < -0.39 is 0 Å². The van der Waals surface area contributed by atoms with Crippen LogP contribution in [0.4, 0.5) is 0 Å². The average Bonchev–Trinajstić information content (AvgIpc) is 2.73. The molecule has 0 saturated carbocycles. The quantitative estimate of drug-likeness (QED) is 0.282. The van der Waals surface area contributed by atoms with Gasteiger partial charge in [0, 0.05) is 6.54 Å². The number of thiocarbonyl (C=S) groups is 1. The van der Waals surface area contributed by atoms with Gasteiger partial charge in [0.05, 0.1) is 17.8 Å². The monoisotopic (exact) mass is 441 g/mol. The first-order valence-electron chi connectivity index (χ1n) is 9.74. The number of hydrogen-bond acceptors (Lipinski definition) is 4. The first kappa shape index (κ1) is 21.9. The number of hydrogen-bond donors (Lipinski definition) is 2. The Morgan fingerprint density at radius 1 is 1.07 bits per heavy atom. The van der Waals surface area contributed by atoms with Crippen LogP contribution in [0.3, 0.4) is 0 Å². The van der Waals surface area contributed by atoms with E-state index in [0.29, 0.717) is 34.8 Å². The average molecular weight is 442 g/mol. The number of benzene rings is 3. The molecule has 3 aromatic carbocycles. The lowest BCUT2D eigenvalue weighted by Gasteiger charge is -2.15. The second kappa shape index (κ2) is 10.8. The van der Waals surface area contributed by atoms with Crippen molar-refractivity contribution in [2.24, 2.45) is 5.10 Å². The highest BCUT2D eigenvalue weighted by molar-refractivity contribution is 7.80. The van der Waals surface area contributed by atoms with Crippen LogP contribution in [0.2, 0.25) is 5.02 Å². The molecule has 0 bridgehead atoms. The van der Waals surface area contributed by atoms with Gasteiger partial charge in [-0.2, -0.15) is 5.10 Å². The lowest BCUT2D eigenvalue weighted by molar-refractivity contribution is 0.269. The molecule has 7 heteroatoms. The molecule has 3 rings (SSSR count). The molecule has 156 valence electrons. The van der Waals surface area contributed by atoms with Gasteiger partial charge in [-0.05, 0) is 66.2 Å². The lowest BCUT2D eigenvalue weighted by atomic mass is 10.1. The van der Waals surface area contributed by atoms with Gasteiger partial charge in [0.1, 0.15) is 6.61 Å². The predicted molar refractivity (Wildman–Crippen MR) is 128 cm³/mol. The molecule has 0 heterocycles. The van der Waals surface area contributed by atoms with Crippen molar-refractivity contribution in [2.75, 3.05) is 13.2 Å². The molecular formula is C23H24ClN3O2S. The molecular weight excluding hydrogens is 418 g/mol. The standard InChI is InChI=1S/C23H24ClN3O2S/c1-3-25-23(30)27-26-14-17-12-20(24)22(21(13-17)28-4-2)29-15-16-9-10-18-7-5-6-8-19(18)11-16/h5-14H,3-4,15H2,1-2H3,(H2,25,27,30)/b26-14-. The summed E-state index contributed by atoms with van der Waals surface area (Å²) < 4.78 is 11.8. The summed E-state index contributed by atoms with van der Waals surface area (Å²) in [5.41, 5.74) is 4.58. The number of hydrazone groups is 1. The zero-order valence-corrected chi connectivity index (χ0v) is 18.5. The van der Waals surface area contributed by atoms with E-state index in [1.54, 1.807) is 12.3 Å². The fourth-order valence-corrected chi connectivity index (χ4v) is 3.39. The molecule has 0 unspecified atom stereocenters. The van der Waals surface area contributed by atoms with E-state index in [9.17, 15) is 0 Å². The van der Waals surface area contributed by atoms with Gasteiger partial charge >= 0.3 is 0 Å². The fraction of sp³-hybridized carbons (Fsp3) is 0.217. The van der Waals surface area contributed by atoms with Crippen LogP contribution < -0.4 is 20.2 Å². The number of nitrogens with zero attached hydrogens (tertiary/aromatic N) is 1. The van der Waals surface area contributed by atoms with Crippen molar-refractivity contribution in [1.29, 1.82) is 0 Å². The van der Waals surface area contributed by atoms with Gasteiger partial charge in [0.25, 0.3) is 0 Å². The minimum atomic E-state index is 0.385. The summed E-state index contributed by atoms with van der Waals surface area (Å²) in [7, 11) is 0. The third-order valence-corrected chi connectivity index (χ3v) is 4.76. The van der Waals surface area contributed by atoms with Crippen LogP contribution in [0, 0.1) is 0 Å². The molecule has 0 saturated heterocycles. The number of nitrogens with one attached hydrogen (secondary N) is 2. The highest BCUT2D eigenvalue weighted by atomic mass is 35.5. The van der Waals surface area contributed by atoms with Crippen LogP contribution in [0.15, 0.2) is 59.7 Å². The van der Waals surface area contributed by atoms with Crippen LogP contribution in [-0.2, 0) is 6.61 Å². The Labute approximate surface area is 187 Å². The molecule has 3 aromatic rings. The van der Waals surface area contributed by atoms with Crippen LogP contribution >= 0.6 is 23.8 Å². The van der Waals surface area contributed by atoms with Crippen molar-refractivity contribution in [1.82, 2.24) is 10.7 Å². The van der Waals surface area contributed by atoms with Crippen molar-refractivity contribution in [3.05, 3.63) is 70.7 Å². The Bertz CT molecular complexity index is 1060. The van der Waals surface area contributed by atoms with Gasteiger partial charge < -0.3 is 14.8 Å². The molecule has 0 fully saturated rings. The Balaban J connectivity index is 1.75. The van der Waals surface area contributed by atoms with E-state index in [2.05, 4.69) is 46.2 Å². The molecule has 0 amide bonds. The zero-order chi connectivity index (χ0) is 21.3. The maximum absolute atomic E-state index is 6.50. The summed E-state index contributed by atoms with van der Waals surface area (Å²) in [6, 6.07) is 18.1. The summed E-state index contributed by atoms with van der Waals surface area (Å²) in [6.07, 6.45) is 1.63. The minimum absolute atomic E-state index is 0.385. The largest absolute Gasteiger partial charge is 0.490 e. The van der Waals surface area contributed by atoms with Gasteiger partial charge in [-0.3, -0.25) is 5.43 Å². The third-order valence-electron chi connectivity index (χ3n) is 4.25. The van der Waals surface area contributed by atoms with Gasteiger partial charge in [-0.1, -0.05) is 48.0 Å². The molecule has 0 radical (unpaired) electrons. The smallest absolute Gasteiger partial charge is 0.186 e. The van der Waals surface area contributed by atoms with Crippen molar-refractivity contribution in [3.8, 4) is 11.5 Å². The maximum Gasteiger partial charge on any atom is 0.186 e. The molecule has 0 aliphatic carbocycles. The molecule has 0 aliphatic heterocycles. The van der Waals surface area contributed by atoms with Crippen LogP contribution in [0.1, 0.15) is 25.0 Å². The second-order valence-corrected chi connectivity index (χ2v) is 7.28. The highest BCUT2D eigenvalue weighted by Gasteiger charge is 2.13. The van der Waals surface area contributed by atoms with Gasteiger partial charge in [0.15, 0.2) is 16.6 Å². The summed E-state index contributed by atoms with van der Waals surface area (Å²) in [5.74, 6) is 1.08. The van der Waals surface area contributed by atoms with E-state index >= 15 is 0 Å². The number of ether oxygens (including phenoxy) is 2. The molecule has 0 aliphatic rings. The highest BCUT2D eigenvalue weighted by Crippen LogP contribution is 2.37. The Morgan fingerprint density at radius 2 is 1.87 bits per heavy atom. The van der Waals surface area contributed by atoms with Crippen LogP contribution in [-0.4, -0.2) is 24.5 Å². The van der Waals surface area contributed by atoms with E-state index in [-0.39, 0.29) is 0 Å². The van der Waals surface area contributed by atoms with Crippen molar-refractivity contribution < 1.29 is 9.47 Å². The molecule has 0 spiro atoms. The van der Waals surface area contributed by atoms with E-state index in [1.165, 1.54) is 10.8 Å². The third kappa shape index (κ3) is 5.84. The predicted octanol–water partition coefficient (Wildman–Crippen LogP) is 5.29. The molecule has 2 N–H and O–H groups in total. The van der Waals surface area contributed by atoms with E-state index in [1.807, 2.05) is 32.0 Å². The Kier molecular flexibility index (Phi) is 7.88. The topological polar surface area (TPSA) is 54.9 Å². The fourth-order valence-electron chi connectivity index (χ4n) is 2.92. The number of fused-ring (bicyclic) bond motifs is 1. The molecule has 0 atom stereocenters. The lowest BCUT2D eigenvalue weighted by Crippen LogP contribution is -2.31. The van der Waals surface area contributed by atoms with E-state index in [4.69, 9.17) is 33.3 Å². The molecule has 5 nitrogen and oxygen atoms in total. The van der Waals surface area contributed by atoms with Gasteiger partial charge in [-0.25, -0.2) is 0 Å². The summed E-state index contributed by atoms with van der Waals surface area (Å²) in [4.78, 5) is 0. The maximum atomic E-state index is 6.50. The SMILES string of the molecule is CCNC(=S)N/N=C\c1cc(Cl)c(OCc2ccc3ccccc3c2)c(OCC)c1. The van der Waals surface area contributed by atoms with Crippen LogP contribution in [0.25, 0.3) is 10.8 Å². The van der Waals surface area contributed by atoms with Gasteiger partial charge in [-0.15, -0.1) is 0 Å². The number of rotatable bonds is 8. The van der Waals surface area contributed by atoms with Crippen molar-refractivity contribution in [2.45, 2.75) is 20.5 Å². The first-order valence-corrected chi connectivity index (χ1v) is 10.5. The summed E-state index contributed by atoms with van der Waals surface area (Å²) in [5, 5.41) is 10.4. The Morgan fingerprint density at radius 3 is 2.63 bits per heavy atom. The van der Waals surface area contributed by atoms with Crippen molar-refractivity contribution in [3.63, 3.8) is 0 Å². The summed E-state index contributed by atoms with van der Waals surface area (Å²) >= 11 is 11.6. The van der Waals surface area contributed by atoms with Crippen molar-refractivity contribution >= 4 is 45.9 Å².